The number of hydrogen-bond donors (Lipinski definition) is 1. The second kappa shape index (κ2) is 4.41. The second-order valence-corrected chi connectivity index (χ2v) is 3.57. The molecule has 0 aliphatic heterocycles. The number of ether oxygens (including phenoxy) is 1. The van der Waals surface area contributed by atoms with E-state index in [1.165, 1.54) is 13.2 Å². The molecule has 8 heteroatoms. The monoisotopic (exact) mass is 265 g/mol. The number of nitro groups is 1. The molecule has 19 heavy (non-hydrogen) atoms. The molecule has 0 aliphatic carbocycles. The maximum absolute atomic E-state index is 11.4. The summed E-state index contributed by atoms with van der Waals surface area (Å²) in [5.74, 6) is -1.54. The lowest BCUT2D eigenvalue weighted by Crippen LogP contribution is -2.12. The van der Waals surface area contributed by atoms with Crippen LogP contribution in [0.2, 0.25) is 0 Å². The molecule has 2 rings (SSSR count). The Bertz CT molecular complexity index is 747. The van der Waals surface area contributed by atoms with E-state index < -0.39 is 22.1 Å². The second-order valence-electron chi connectivity index (χ2n) is 3.57. The van der Waals surface area contributed by atoms with E-state index in [9.17, 15) is 19.7 Å². The number of methoxy groups -OCH3 is 1. The number of fused-ring (bicyclic) bond motifs is 1. The van der Waals surface area contributed by atoms with Gasteiger partial charge in [-0.15, -0.1) is 0 Å². The van der Waals surface area contributed by atoms with Gasteiger partial charge in [0.05, 0.1) is 12.0 Å². The van der Waals surface area contributed by atoms with Gasteiger partial charge in [-0.2, -0.15) is 0 Å². The summed E-state index contributed by atoms with van der Waals surface area (Å²) in [5.41, 5.74) is -1.96. The van der Waals surface area contributed by atoms with Gasteiger partial charge in [0.25, 0.3) is 0 Å². The lowest BCUT2D eigenvalue weighted by atomic mass is 10.1. The molecule has 1 aromatic carbocycles. The van der Waals surface area contributed by atoms with Crippen LogP contribution in [-0.4, -0.2) is 23.1 Å². The third kappa shape index (κ3) is 2.10. The van der Waals surface area contributed by atoms with Crippen molar-refractivity contribution in [3.8, 4) is 5.75 Å². The zero-order chi connectivity index (χ0) is 14.2. The van der Waals surface area contributed by atoms with Gasteiger partial charge in [0, 0.05) is 17.5 Å². The zero-order valence-corrected chi connectivity index (χ0v) is 9.58. The highest BCUT2D eigenvalue weighted by atomic mass is 16.6. The Labute approximate surface area is 105 Å². The molecule has 8 nitrogen and oxygen atoms in total. The van der Waals surface area contributed by atoms with Crippen molar-refractivity contribution < 1.29 is 24.0 Å². The minimum absolute atomic E-state index is 0.0115. The quantitative estimate of drug-likeness (QED) is 0.506. The number of carboxylic acid groups (broad SMARTS) is 1. The van der Waals surface area contributed by atoms with Crippen molar-refractivity contribution in [2.24, 2.45) is 0 Å². The van der Waals surface area contributed by atoms with Gasteiger partial charge in [-0.25, -0.2) is 9.59 Å². The molecule has 0 amide bonds. The average molecular weight is 265 g/mol. The minimum Gasteiger partial charge on any atom is -0.490 e. The highest BCUT2D eigenvalue weighted by Crippen LogP contribution is 2.31. The largest absolute Gasteiger partial charge is 0.490 e. The summed E-state index contributed by atoms with van der Waals surface area (Å²) in [4.78, 5) is 32.3. The number of benzene rings is 1. The Hall–Kier alpha value is -2.90. The van der Waals surface area contributed by atoms with Crippen LogP contribution in [-0.2, 0) is 0 Å². The molecule has 0 unspecified atom stereocenters. The van der Waals surface area contributed by atoms with Crippen molar-refractivity contribution in [1.82, 2.24) is 0 Å². The number of rotatable bonds is 3. The van der Waals surface area contributed by atoms with Crippen molar-refractivity contribution in [1.29, 1.82) is 0 Å². The standard InChI is InChI=1S/C11H7NO7/c1-18-9-4-8-5(3-7(9)12(16)17)2-6(10(13)14)11(15)19-8/h2-4H,1H3,(H,13,14). The van der Waals surface area contributed by atoms with Crippen molar-refractivity contribution in [3.63, 3.8) is 0 Å². The predicted molar refractivity (Wildman–Crippen MR) is 62.6 cm³/mol. The van der Waals surface area contributed by atoms with Gasteiger partial charge in [0.15, 0.2) is 0 Å². The zero-order valence-electron chi connectivity index (χ0n) is 9.58. The van der Waals surface area contributed by atoms with E-state index in [0.717, 1.165) is 12.1 Å². The number of hydrogen-bond acceptors (Lipinski definition) is 6. The van der Waals surface area contributed by atoms with Crippen LogP contribution in [0.1, 0.15) is 10.4 Å². The molecule has 98 valence electrons. The summed E-state index contributed by atoms with van der Waals surface area (Å²) in [5, 5.41) is 19.7. The van der Waals surface area contributed by atoms with Crippen LogP contribution in [0.4, 0.5) is 5.69 Å². The third-order valence-corrected chi connectivity index (χ3v) is 2.46. The van der Waals surface area contributed by atoms with Crippen LogP contribution in [0.25, 0.3) is 11.0 Å². The van der Waals surface area contributed by atoms with E-state index in [1.807, 2.05) is 0 Å². The molecule has 1 aromatic heterocycles. The van der Waals surface area contributed by atoms with E-state index >= 15 is 0 Å². The van der Waals surface area contributed by atoms with Crippen LogP contribution in [0, 0.1) is 10.1 Å². The topological polar surface area (TPSA) is 120 Å². The Morgan fingerprint density at radius 2 is 2.11 bits per heavy atom. The number of nitro benzene ring substituents is 1. The lowest BCUT2D eigenvalue weighted by Gasteiger charge is -2.03. The molecule has 0 saturated heterocycles. The Kier molecular flexibility index (Phi) is 2.91. The number of aromatic carboxylic acids is 1. The predicted octanol–water partition coefficient (Wildman–Crippen LogP) is 1.41. The average Bonchev–Trinajstić information content (AvgIpc) is 2.35. The molecule has 1 heterocycles. The molecule has 0 saturated carbocycles. The van der Waals surface area contributed by atoms with Gasteiger partial charge in [0.1, 0.15) is 11.1 Å². The SMILES string of the molecule is COc1cc2oc(=O)c(C(=O)O)cc2cc1[N+](=O)[O-]. The maximum Gasteiger partial charge on any atom is 0.351 e. The smallest absolute Gasteiger partial charge is 0.351 e. The molecule has 1 N–H and O–H groups in total. The van der Waals surface area contributed by atoms with Gasteiger partial charge in [-0.1, -0.05) is 0 Å². The van der Waals surface area contributed by atoms with Gasteiger partial charge >= 0.3 is 17.3 Å². The van der Waals surface area contributed by atoms with Gasteiger partial charge in [0.2, 0.25) is 5.75 Å². The van der Waals surface area contributed by atoms with E-state index in [1.54, 1.807) is 0 Å². The molecule has 0 fully saturated rings. The summed E-state index contributed by atoms with van der Waals surface area (Å²) in [7, 11) is 1.23. The maximum atomic E-state index is 11.4. The summed E-state index contributed by atoms with van der Waals surface area (Å²) in [6.45, 7) is 0. The van der Waals surface area contributed by atoms with Gasteiger partial charge < -0.3 is 14.3 Å². The minimum atomic E-state index is -1.46. The van der Waals surface area contributed by atoms with Crippen LogP contribution < -0.4 is 10.4 Å². The van der Waals surface area contributed by atoms with E-state index in [4.69, 9.17) is 14.3 Å². The first-order valence-electron chi connectivity index (χ1n) is 4.97. The fraction of sp³-hybridized carbons (Fsp3) is 0.0909. The van der Waals surface area contributed by atoms with Crippen LogP contribution in [0.15, 0.2) is 27.4 Å². The number of carboxylic acids is 1. The van der Waals surface area contributed by atoms with Crippen molar-refractivity contribution in [3.05, 3.63) is 44.3 Å². The number of carbonyl (C=O) groups is 1. The third-order valence-electron chi connectivity index (χ3n) is 2.46. The van der Waals surface area contributed by atoms with Crippen LogP contribution in [0.3, 0.4) is 0 Å². The van der Waals surface area contributed by atoms with Gasteiger partial charge in [-0.05, 0) is 6.07 Å². The fourth-order valence-electron chi connectivity index (χ4n) is 1.59. The van der Waals surface area contributed by atoms with Crippen LogP contribution in [0.5, 0.6) is 5.75 Å². The number of nitrogens with zero attached hydrogens (tertiary/aromatic N) is 1. The molecular formula is C11H7NO7. The van der Waals surface area contributed by atoms with E-state index in [-0.39, 0.29) is 22.4 Å². The molecule has 0 radical (unpaired) electrons. The summed E-state index contributed by atoms with van der Waals surface area (Å²) in [6.07, 6.45) is 0. The van der Waals surface area contributed by atoms with Crippen molar-refractivity contribution in [2.45, 2.75) is 0 Å². The molecule has 2 aromatic rings. The fourth-order valence-corrected chi connectivity index (χ4v) is 1.59. The Morgan fingerprint density at radius 3 is 2.63 bits per heavy atom. The Balaban J connectivity index is 2.83. The van der Waals surface area contributed by atoms with Gasteiger partial charge in [-0.3, -0.25) is 10.1 Å². The van der Waals surface area contributed by atoms with Crippen molar-refractivity contribution >= 4 is 22.6 Å². The lowest BCUT2D eigenvalue weighted by molar-refractivity contribution is -0.385. The van der Waals surface area contributed by atoms with Crippen molar-refractivity contribution in [2.75, 3.05) is 7.11 Å². The summed E-state index contributed by atoms with van der Waals surface area (Å²) >= 11 is 0. The first-order valence-corrected chi connectivity index (χ1v) is 4.97. The van der Waals surface area contributed by atoms with E-state index in [2.05, 4.69) is 0 Å². The molecule has 0 aliphatic rings. The summed E-state index contributed by atoms with van der Waals surface area (Å²) in [6, 6.07) is 3.28. The van der Waals surface area contributed by atoms with Crippen LogP contribution >= 0.6 is 0 Å². The highest BCUT2D eigenvalue weighted by molar-refractivity contribution is 5.92. The molecule has 0 spiro atoms. The molecular weight excluding hydrogens is 258 g/mol. The Morgan fingerprint density at radius 1 is 1.42 bits per heavy atom. The molecule has 0 atom stereocenters. The highest BCUT2D eigenvalue weighted by Gasteiger charge is 2.19. The van der Waals surface area contributed by atoms with E-state index in [0.29, 0.717) is 0 Å². The normalized spacial score (nSPS) is 10.4. The first-order chi connectivity index (χ1) is 8.93. The molecule has 0 bridgehead atoms. The summed E-state index contributed by atoms with van der Waals surface area (Å²) < 4.78 is 9.60. The first kappa shape index (κ1) is 12.6.